The third-order valence-electron chi connectivity index (χ3n) is 4.64. The predicted octanol–water partition coefficient (Wildman–Crippen LogP) is 3.04. The number of thiazole rings is 1. The highest BCUT2D eigenvalue weighted by Gasteiger charge is 2.17. The fraction of sp³-hybridized carbons (Fsp3) is 0.278. The smallest absolute Gasteiger partial charge is 0.277 e. The maximum atomic E-state index is 5.76. The zero-order chi connectivity index (χ0) is 18.1. The summed E-state index contributed by atoms with van der Waals surface area (Å²) < 4.78 is 7.83. The van der Waals surface area contributed by atoms with E-state index in [4.69, 9.17) is 4.42 Å². The molecule has 0 aliphatic carbocycles. The molecule has 5 rings (SSSR count). The van der Waals surface area contributed by atoms with E-state index in [9.17, 15) is 0 Å². The van der Waals surface area contributed by atoms with Gasteiger partial charge in [0.2, 0.25) is 5.89 Å². The Labute approximate surface area is 159 Å². The molecule has 1 N–H and O–H groups in total. The molecule has 0 atom stereocenters. The second-order valence-corrected chi connectivity index (χ2v) is 7.30. The van der Waals surface area contributed by atoms with E-state index in [0.29, 0.717) is 22.8 Å². The molecule has 1 aliphatic heterocycles. The Hall–Kier alpha value is -2.91. The van der Waals surface area contributed by atoms with E-state index in [-0.39, 0.29) is 0 Å². The maximum Gasteiger partial charge on any atom is 0.277 e. The van der Waals surface area contributed by atoms with Crippen LogP contribution in [0.25, 0.3) is 33.5 Å². The van der Waals surface area contributed by atoms with Gasteiger partial charge in [0, 0.05) is 41.3 Å². The largest absolute Gasteiger partial charge is 0.414 e. The van der Waals surface area contributed by atoms with Crippen LogP contribution in [0, 0.1) is 0 Å². The summed E-state index contributed by atoms with van der Waals surface area (Å²) in [6.07, 6.45) is 11.4. The lowest BCUT2D eigenvalue weighted by molar-refractivity contribution is 0.343. The quantitative estimate of drug-likeness (QED) is 0.582. The van der Waals surface area contributed by atoms with E-state index < -0.39 is 0 Å². The highest BCUT2D eigenvalue weighted by Crippen LogP contribution is 2.28. The highest BCUT2D eigenvalue weighted by atomic mass is 32.1. The van der Waals surface area contributed by atoms with Crippen molar-refractivity contribution in [2.45, 2.75) is 18.9 Å². The van der Waals surface area contributed by atoms with E-state index in [1.54, 1.807) is 12.4 Å². The number of rotatable bonds is 4. The minimum Gasteiger partial charge on any atom is -0.414 e. The summed E-state index contributed by atoms with van der Waals surface area (Å²) in [6.45, 7) is 2.07. The van der Waals surface area contributed by atoms with Gasteiger partial charge in [0.15, 0.2) is 5.01 Å². The van der Waals surface area contributed by atoms with Gasteiger partial charge in [-0.3, -0.25) is 9.67 Å². The van der Waals surface area contributed by atoms with Crippen LogP contribution in [0.4, 0.5) is 0 Å². The first-order chi connectivity index (χ1) is 13.4. The Morgan fingerprint density at radius 3 is 2.74 bits per heavy atom. The SMILES string of the molecule is c1csc(-c2nnc(-c3cncc(-c4cnn(C5CCNCC5)c4)c3)o2)n1. The number of hydrogen-bond donors (Lipinski definition) is 1. The summed E-state index contributed by atoms with van der Waals surface area (Å²) >= 11 is 1.46. The average Bonchev–Trinajstić information content (AvgIpc) is 3.50. The van der Waals surface area contributed by atoms with Crippen LogP contribution in [-0.4, -0.2) is 43.0 Å². The molecule has 0 aromatic carbocycles. The summed E-state index contributed by atoms with van der Waals surface area (Å²) in [7, 11) is 0. The molecule has 1 aliphatic rings. The van der Waals surface area contributed by atoms with E-state index in [1.807, 2.05) is 23.8 Å². The first-order valence-corrected chi connectivity index (χ1v) is 9.69. The van der Waals surface area contributed by atoms with E-state index in [1.165, 1.54) is 11.3 Å². The minimum atomic E-state index is 0.420. The van der Waals surface area contributed by atoms with Gasteiger partial charge in [0.1, 0.15) is 0 Å². The van der Waals surface area contributed by atoms with E-state index in [2.05, 4.69) is 41.5 Å². The van der Waals surface area contributed by atoms with Crippen molar-refractivity contribution < 1.29 is 4.42 Å². The molecular formula is C18H17N7OS. The fourth-order valence-electron chi connectivity index (χ4n) is 3.23. The Morgan fingerprint density at radius 1 is 1.04 bits per heavy atom. The van der Waals surface area contributed by atoms with Crippen molar-refractivity contribution in [3.63, 3.8) is 0 Å². The monoisotopic (exact) mass is 379 g/mol. The second kappa shape index (κ2) is 7.01. The van der Waals surface area contributed by atoms with Crippen LogP contribution in [0.2, 0.25) is 0 Å². The van der Waals surface area contributed by atoms with Crippen LogP contribution in [-0.2, 0) is 0 Å². The molecule has 4 aromatic heterocycles. The summed E-state index contributed by atoms with van der Waals surface area (Å²) in [5, 5.41) is 18.7. The zero-order valence-corrected chi connectivity index (χ0v) is 15.3. The van der Waals surface area contributed by atoms with Crippen LogP contribution in [0.1, 0.15) is 18.9 Å². The van der Waals surface area contributed by atoms with Gasteiger partial charge in [-0.25, -0.2) is 4.98 Å². The van der Waals surface area contributed by atoms with Gasteiger partial charge in [-0.15, -0.1) is 21.5 Å². The fourth-order valence-corrected chi connectivity index (χ4v) is 3.78. The van der Waals surface area contributed by atoms with Crippen molar-refractivity contribution >= 4 is 11.3 Å². The van der Waals surface area contributed by atoms with Gasteiger partial charge in [-0.1, -0.05) is 0 Å². The molecule has 0 unspecified atom stereocenters. The number of hydrogen-bond acceptors (Lipinski definition) is 8. The molecule has 4 aromatic rings. The Bertz CT molecular complexity index is 1030. The van der Waals surface area contributed by atoms with Gasteiger partial charge < -0.3 is 9.73 Å². The van der Waals surface area contributed by atoms with Crippen molar-refractivity contribution in [2.24, 2.45) is 0 Å². The number of aromatic nitrogens is 6. The lowest BCUT2D eigenvalue weighted by Gasteiger charge is -2.22. The number of piperidine rings is 1. The van der Waals surface area contributed by atoms with Crippen LogP contribution in [0.3, 0.4) is 0 Å². The first kappa shape index (κ1) is 16.3. The number of nitrogens with one attached hydrogen (secondary N) is 1. The molecule has 136 valence electrons. The lowest BCUT2D eigenvalue weighted by atomic mass is 10.1. The van der Waals surface area contributed by atoms with Gasteiger partial charge >= 0.3 is 0 Å². The average molecular weight is 379 g/mol. The number of pyridine rings is 1. The number of nitrogens with zero attached hydrogens (tertiary/aromatic N) is 6. The van der Waals surface area contributed by atoms with E-state index >= 15 is 0 Å². The Morgan fingerprint density at radius 2 is 1.89 bits per heavy atom. The second-order valence-electron chi connectivity index (χ2n) is 6.40. The normalized spacial score (nSPS) is 15.3. The van der Waals surface area contributed by atoms with E-state index in [0.717, 1.165) is 42.6 Å². The van der Waals surface area contributed by atoms with Crippen molar-refractivity contribution in [3.05, 3.63) is 42.4 Å². The third-order valence-corrected chi connectivity index (χ3v) is 5.40. The molecule has 0 amide bonds. The summed E-state index contributed by atoms with van der Waals surface area (Å²) in [4.78, 5) is 8.54. The van der Waals surface area contributed by atoms with Crippen molar-refractivity contribution in [2.75, 3.05) is 13.1 Å². The van der Waals surface area contributed by atoms with Crippen molar-refractivity contribution in [1.82, 2.24) is 35.3 Å². The lowest BCUT2D eigenvalue weighted by Crippen LogP contribution is -2.29. The molecule has 0 spiro atoms. The summed E-state index contributed by atoms with van der Waals surface area (Å²) in [5.74, 6) is 0.851. The zero-order valence-electron chi connectivity index (χ0n) is 14.4. The molecular weight excluding hydrogens is 362 g/mol. The molecule has 0 radical (unpaired) electrons. The standard InChI is InChI=1S/C18H17N7OS/c1-3-19-4-2-15(1)25-11-14(10-22-25)12-7-13(9-20-8-12)16-23-24-17(26-16)18-21-5-6-27-18/h5-11,15,19H,1-4H2. The van der Waals surface area contributed by atoms with Crippen molar-refractivity contribution in [1.29, 1.82) is 0 Å². The third kappa shape index (κ3) is 3.26. The Balaban J connectivity index is 1.42. The highest BCUT2D eigenvalue weighted by molar-refractivity contribution is 7.12. The molecule has 5 heterocycles. The Kier molecular flexibility index (Phi) is 4.23. The topological polar surface area (TPSA) is 94.5 Å². The van der Waals surface area contributed by atoms with Gasteiger partial charge in [-0.2, -0.15) is 5.10 Å². The molecule has 0 bridgehead atoms. The first-order valence-electron chi connectivity index (χ1n) is 8.81. The molecule has 1 saturated heterocycles. The summed E-state index contributed by atoms with van der Waals surface area (Å²) in [5.41, 5.74) is 2.78. The van der Waals surface area contributed by atoms with Crippen LogP contribution >= 0.6 is 11.3 Å². The molecule has 0 saturated carbocycles. The molecule has 27 heavy (non-hydrogen) atoms. The van der Waals surface area contributed by atoms with Crippen LogP contribution in [0.15, 0.2) is 46.8 Å². The van der Waals surface area contributed by atoms with Crippen LogP contribution in [0.5, 0.6) is 0 Å². The molecule has 1 fully saturated rings. The maximum absolute atomic E-state index is 5.76. The molecule has 9 heteroatoms. The van der Waals surface area contributed by atoms with Gasteiger partial charge in [0.25, 0.3) is 5.89 Å². The van der Waals surface area contributed by atoms with Gasteiger partial charge in [0.05, 0.1) is 17.8 Å². The minimum absolute atomic E-state index is 0.420. The predicted molar refractivity (Wildman–Crippen MR) is 101 cm³/mol. The van der Waals surface area contributed by atoms with Crippen LogP contribution < -0.4 is 5.32 Å². The van der Waals surface area contributed by atoms with Gasteiger partial charge in [-0.05, 0) is 32.0 Å². The van der Waals surface area contributed by atoms with Crippen molar-refractivity contribution in [3.8, 4) is 33.5 Å². The molecule has 8 nitrogen and oxygen atoms in total. The summed E-state index contributed by atoms with van der Waals surface area (Å²) in [6, 6.07) is 2.45.